The molecule has 0 radical (unpaired) electrons. The molecule has 1 N–H and O–H groups in total. The van der Waals surface area contributed by atoms with Gasteiger partial charge in [-0.2, -0.15) is 0 Å². The van der Waals surface area contributed by atoms with Crippen molar-refractivity contribution < 1.29 is 31.9 Å². The Hall–Kier alpha value is -2.44. The van der Waals surface area contributed by atoms with Crippen LogP contribution in [-0.4, -0.2) is 23.4 Å². The van der Waals surface area contributed by atoms with E-state index in [0.717, 1.165) is 37.8 Å². The number of rotatable bonds is 12. The van der Waals surface area contributed by atoms with Crippen LogP contribution in [0.3, 0.4) is 0 Å². The second kappa shape index (κ2) is 13.2. The van der Waals surface area contributed by atoms with Crippen LogP contribution in [0.5, 0.6) is 0 Å². The molecule has 2 unspecified atom stereocenters. The Bertz CT molecular complexity index is 1000. The summed E-state index contributed by atoms with van der Waals surface area (Å²) in [6.45, 7) is 2.17. The topological polar surface area (TPSA) is 37.3 Å². The second-order valence-corrected chi connectivity index (χ2v) is 10.0. The van der Waals surface area contributed by atoms with E-state index in [9.17, 15) is 23.1 Å². The highest BCUT2D eigenvalue weighted by Gasteiger charge is 2.36. The van der Waals surface area contributed by atoms with Gasteiger partial charge in [0, 0.05) is 12.3 Å². The summed E-state index contributed by atoms with van der Waals surface area (Å²) in [6, 6.07) is 5.56. The number of hydrogen-bond acceptors (Lipinski definition) is 1. The van der Waals surface area contributed by atoms with Crippen molar-refractivity contribution in [3.05, 3.63) is 58.9 Å². The highest BCUT2D eigenvalue weighted by atomic mass is 19.2. The molecular weight excluding hydrogens is 475 g/mol. The summed E-state index contributed by atoms with van der Waals surface area (Å²) in [7, 11) is 0. The number of hydrogen-bond donors (Lipinski definition) is 1. The molecule has 1 aliphatic carbocycles. The van der Waals surface area contributed by atoms with Crippen LogP contribution in [0.25, 0.3) is 11.1 Å². The van der Waals surface area contributed by atoms with E-state index in [2.05, 4.69) is 6.92 Å². The lowest BCUT2D eigenvalue weighted by atomic mass is 9.75. The Morgan fingerprint density at radius 1 is 1.03 bits per heavy atom. The van der Waals surface area contributed by atoms with Crippen molar-refractivity contribution in [2.24, 2.45) is 11.8 Å². The maximum atomic E-state index is 15.5. The number of carboxylic acid groups (broad SMARTS) is 1. The van der Waals surface area contributed by atoms with E-state index in [1.165, 1.54) is 43.9 Å². The molecule has 0 bridgehead atoms. The Labute approximate surface area is 209 Å². The van der Waals surface area contributed by atoms with Crippen LogP contribution in [0.2, 0.25) is 0 Å². The molecule has 0 saturated heterocycles. The molecule has 0 heterocycles. The van der Waals surface area contributed by atoms with Gasteiger partial charge in [0.2, 0.25) is 0 Å². The first-order valence-electron chi connectivity index (χ1n) is 13.0. The molecule has 198 valence electrons. The number of halogens is 5. The molecule has 0 aromatic heterocycles. The fourth-order valence-electron chi connectivity index (χ4n) is 5.44. The first-order chi connectivity index (χ1) is 17.2. The van der Waals surface area contributed by atoms with Crippen LogP contribution >= 0.6 is 0 Å². The lowest BCUT2D eigenvalue weighted by molar-refractivity contribution is 0.0591. The van der Waals surface area contributed by atoms with Gasteiger partial charge in [-0.1, -0.05) is 64.0 Å². The number of alkyl halides is 2. The lowest BCUT2D eigenvalue weighted by Gasteiger charge is -2.34. The minimum atomic E-state index is -1.66. The van der Waals surface area contributed by atoms with Crippen LogP contribution in [-0.2, 0) is 6.42 Å². The molecule has 2 nitrogen and oxygen atoms in total. The minimum Gasteiger partial charge on any atom is -0.478 e. The first-order valence-corrected chi connectivity index (χ1v) is 13.0. The maximum absolute atomic E-state index is 15.5. The van der Waals surface area contributed by atoms with Gasteiger partial charge < -0.3 is 5.11 Å². The fraction of sp³-hybridized carbons (Fsp3) is 0.552. The molecule has 4 atom stereocenters. The Balaban J connectivity index is 1.71. The zero-order chi connectivity index (χ0) is 26.2. The van der Waals surface area contributed by atoms with Crippen molar-refractivity contribution in [3.8, 4) is 11.1 Å². The highest BCUT2D eigenvalue weighted by Crippen LogP contribution is 2.39. The van der Waals surface area contributed by atoms with Gasteiger partial charge in [-0.15, -0.1) is 0 Å². The van der Waals surface area contributed by atoms with Crippen molar-refractivity contribution >= 4 is 5.97 Å². The molecule has 2 aromatic rings. The summed E-state index contributed by atoms with van der Waals surface area (Å²) in [5.74, 6) is -6.48. The summed E-state index contributed by atoms with van der Waals surface area (Å²) < 4.78 is 71.8. The minimum absolute atomic E-state index is 0.0179. The normalized spacial score (nSPS) is 20.9. The van der Waals surface area contributed by atoms with E-state index in [1.807, 2.05) is 0 Å². The molecule has 1 aliphatic rings. The van der Waals surface area contributed by atoms with E-state index in [4.69, 9.17) is 0 Å². The number of carboxylic acids is 1. The van der Waals surface area contributed by atoms with Crippen molar-refractivity contribution in [1.82, 2.24) is 0 Å². The zero-order valence-corrected chi connectivity index (χ0v) is 20.7. The van der Waals surface area contributed by atoms with E-state index >= 15 is 8.78 Å². The van der Waals surface area contributed by atoms with E-state index in [0.29, 0.717) is 12.8 Å². The molecule has 3 rings (SSSR count). The largest absolute Gasteiger partial charge is 0.478 e. The quantitative estimate of drug-likeness (QED) is 0.176. The third-order valence-corrected chi connectivity index (χ3v) is 7.46. The average molecular weight is 511 g/mol. The number of aromatic carboxylic acids is 1. The standard InChI is InChI=1S/C29H35F5O2/c1-2-3-4-5-6-7-9-18-12-13-22(24(30)14-18)25(31)17-23-20(10-8-11-21(23)29(35)36)19-15-26(32)28(34)27(33)16-19/h8,10-11,15-16,18,22,24-25H,2-7,9,12-14,17H2,1H3,(H,35,36)/t18-,22-,24?,25?/m0/s1. The van der Waals surface area contributed by atoms with E-state index in [-0.39, 0.29) is 28.2 Å². The van der Waals surface area contributed by atoms with Gasteiger partial charge in [-0.3, -0.25) is 0 Å². The molecule has 1 saturated carbocycles. The van der Waals surface area contributed by atoms with Gasteiger partial charge in [-0.05, 0) is 60.1 Å². The summed E-state index contributed by atoms with van der Waals surface area (Å²) >= 11 is 0. The van der Waals surface area contributed by atoms with Gasteiger partial charge in [0.25, 0.3) is 0 Å². The third-order valence-electron chi connectivity index (χ3n) is 7.46. The van der Waals surface area contributed by atoms with Gasteiger partial charge in [-0.25, -0.2) is 26.7 Å². The van der Waals surface area contributed by atoms with Crippen molar-refractivity contribution in [3.63, 3.8) is 0 Å². The molecule has 7 heteroatoms. The zero-order valence-electron chi connectivity index (χ0n) is 20.7. The van der Waals surface area contributed by atoms with E-state index < -0.39 is 48.1 Å². The highest BCUT2D eigenvalue weighted by molar-refractivity contribution is 5.92. The Morgan fingerprint density at radius 3 is 2.33 bits per heavy atom. The summed E-state index contributed by atoms with van der Waals surface area (Å²) in [6.07, 6.45) is 5.91. The predicted octanol–water partition coefficient (Wildman–Crippen LogP) is 8.85. The fourth-order valence-corrected chi connectivity index (χ4v) is 5.44. The summed E-state index contributed by atoms with van der Waals surface area (Å²) in [5, 5.41) is 9.65. The SMILES string of the molecule is CCCCCCCC[C@H]1CC[C@H](C(F)Cc2c(C(=O)O)cccc2-c2cc(F)c(F)c(F)c2)C(F)C1. The van der Waals surface area contributed by atoms with Crippen LogP contribution in [0.1, 0.15) is 87.1 Å². The molecule has 0 spiro atoms. The van der Waals surface area contributed by atoms with Gasteiger partial charge in [0.05, 0.1) is 5.56 Å². The second-order valence-electron chi connectivity index (χ2n) is 10.0. The van der Waals surface area contributed by atoms with Crippen LogP contribution in [0.4, 0.5) is 22.0 Å². The summed E-state index contributed by atoms with van der Waals surface area (Å²) in [4.78, 5) is 11.8. The van der Waals surface area contributed by atoms with Gasteiger partial charge in [0.1, 0.15) is 12.3 Å². The Kier molecular flexibility index (Phi) is 10.3. The van der Waals surface area contributed by atoms with Crippen LogP contribution in [0.15, 0.2) is 30.3 Å². The molecule has 0 aliphatic heterocycles. The van der Waals surface area contributed by atoms with Crippen LogP contribution in [0, 0.1) is 29.3 Å². The predicted molar refractivity (Wildman–Crippen MR) is 131 cm³/mol. The molecule has 1 fully saturated rings. The number of carbonyl (C=O) groups is 1. The van der Waals surface area contributed by atoms with Crippen LogP contribution < -0.4 is 0 Å². The maximum Gasteiger partial charge on any atom is 0.335 e. The van der Waals surface area contributed by atoms with E-state index in [1.54, 1.807) is 0 Å². The average Bonchev–Trinajstić information content (AvgIpc) is 2.84. The number of unbranched alkanes of at least 4 members (excludes halogenated alkanes) is 5. The van der Waals surface area contributed by atoms with Crippen molar-refractivity contribution in [1.29, 1.82) is 0 Å². The number of benzene rings is 2. The smallest absolute Gasteiger partial charge is 0.335 e. The van der Waals surface area contributed by atoms with Crippen molar-refractivity contribution in [2.75, 3.05) is 0 Å². The molecule has 2 aromatic carbocycles. The van der Waals surface area contributed by atoms with Gasteiger partial charge in [0.15, 0.2) is 17.5 Å². The molecule has 0 amide bonds. The third kappa shape index (κ3) is 7.07. The first kappa shape index (κ1) is 28.1. The molecular formula is C29H35F5O2. The van der Waals surface area contributed by atoms with Crippen molar-refractivity contribution in [2.45, 2.75) is 89.9 Å². The summed E-state index contributed by atoms with van der Waals surface area (Å²) in [5.41, 5.74) is -0.226. The molecule has 36 heavy (non-hydrogen) atoms. The monoisotopic (exact) mass is 510 g/mol. The van der Waals surface area contributed by atoms with Gasteiger partial charge >= 0.3 is 5.97 Å². The lowest BCUT2D eigenvalue weighted by Crippen LogP contribution is -2.34. The Morgan fingerprint density at radius 2 is 1.69 bits per heavy atom.